The summed E-state index contributed by atoms with van der Waals surface area (Å²) in [5.74, 6) is 0.543. The summed E-state index contributed by atoms with van der Waals surface area (Å²) in [5, 5.41) is 2.80. The molecule has 0 saturated carbocycles. The number of nitrogens with zero attached hydrogens (tertiary/aromatic N) is 1. The standard InChI is InChI=1S/C17H24N2O4/c1-22-10-8-18-17(21)14-11-16(20)19(12-14)9-7-13-3-5-15(23-2)6-4-13/h3-6,14H,7-12H2,1-2H3,(H,18,21). The van der Waals surface area contributed by atoms with Crippen LogP contribution >= 0.6 is 0 Å². The number of ether oxygens (including phenoxy) is 2. The van der Waals surface area contributed by atoms with E-state index in [1.807, 2.05) is 24.3 Å². The van der Waals surface area contributed by atoms with E-state index in [9.17, 15) is 9.59 Å². The van der Waals surface area contributed by atoms with Gasteiger partial charge in [0.1, 0.15) is 5.75 Å². The molecule has 2 rings (SSSR count). The van der Waals surface area contributed by atoms with Crippen molar-refractivity contribution in [1.29, 1.82) is 0 Å². The van der Waals surface area contributed by atoms with Crippen LogP contribution in [0.2, 0.25) is 0 Å². The first-order valence-electron chi connectivity index (χ1n) is 7.81. The summed E-state index contributed by atoms with van der Waals surface area (Å²) in [5.41, 5.74) is 1.14. The summed E-state index contributed by atoms with van der Waals surface area (Å²) in [6, 6.07) is 7.81. The van der Waals surface area contributed by atoms with Crippen molar-refractivity contribution in [2.24, 2.45) is 5.92 Å². The van der Waals surface area contributed by atoms with E-state index in [0.29, 0.717) is 32.7 Å². The van der Waals surface area contributed by atoms with Crippen LogP contribution in [0.15, 0.2) is 24.3 Å². The SMILES string of the molecule is COCCNC(=O)C1CC(=O)N(CCc2ccc(OC)cc2)C1. The van der Waals surface area contributed by atoms with Crippen LogP contribution in [0.25, 0.3) is 0 Å². The molecule has 1 atom stereocenters. The van der Waals surface area contributed by atoms with Crippen molar-refractivity contribution in [3.8, 4) is 5.75 Å². The molecule has 0 spiro atoms. The second-order valence-corrected chi connectivity index (χ2v) is 5.62. The Hall–Kier alpha value is -2.08. The first-order chi connectivity index (χ1) is 11.1. The monoisotopic (exact) mass is 320 g/mol. The van der Waals surface area contributed by atoms with Crippen LogP contribution in [0, 0.1) is 5.92 Å². The molecule has 6 heteroatoms. The molecule has 126 valence electrons. The highest BCUT2D eigenvalue weighted by atomic mass is 16.5. The predicted octanol–water partition coefficient (Wildman–Crippen LogP) is 0.849. The lowest BCUT2D eigenvalue weighted by Gasteiger charge is -2.16. The molecular formula is C17H24N2O4. The zero-order chi connectivity index (χ0) is 16.7. The van der Waals surface area contributed by atoms with Crippen LogP contribution in [0.5, 0.6) is 5.75 Å². The van der Waals surface area contributed by atoms with Crippen molar-refractivity contribution in [1.82, 2.24) is 10.2 Å². The summed E-state index contributed by atoms with van der Waals surface area (Å²) in [7, 11) is 3.22. The third-order valence-corrected chi connectivity index (χ3v) is 4.02. The number of methoxy groups -OCH3 is 2. The van der Waals surface area contributed by atoms with Gasteiger partial charge in [0.15, 0.2) is 0 Å². The Morgan fingerprint density at radius 3 is 2.70 bits per heavy atom. The predicted molar refractivity (Wildman–Crippen MR) is 86.3 cm³/mol. The number of carbonyl (C=O) groups is 2. The summed E-state index contributed by atoms with van der Waals surface area (Å²) in [6.45, 7) is 2.08. The van der Waals surface area contributed by atoms with Crippen LogP contribution in [0.1, 0.15) is 12.0 Å². The quantitative estimate of drug-likeness (QED) is 0.721. The molecule has 1 heterocycles. The molecule has 0 aromatic heterocycles. The van der Waals surface area contributed by atoms with Gasteiger partial charge in [-0.3, -0.25) is 9.59 Å². The highest BCUT2D eigenvalue weighted by Crippen LogP contribution is 2.19. The number of rotatable bonds is 8. The van der Waals surface area contributed by atoms with Gasteiger partial charge in [0, 0.05) is 33.2 Å². The molecule has 1 aliphatic rings. The van der Waals surface area contributed by atoms with Gasteiger partial charge in [-0.25, -0.2) is 0 Å². The zero-order valence-electron chi connectivity index (χ0n) is 13.7. The second kappa shape index (κ2) is 8.53. The van der Waals surface area contributed by atoms with E-state index in [1.165, 1.54) is 0 Å². The van der Waals surface area contributed by atoms with Crippen molar-refractivity contribution >= 4 is 11.8 Å². The van der Waals surface area contributed by atoms with E-state index in [0.717, 1.165) is 17.7 Å². The summed E-state index contributed by atoms with van der Waals surface area (Å²) >= 11 is 0. The molecule has 0 aliphatic carbocycles. The molecule has 2 amide bonds. The van der Waals surface area contributed by atoms with Gasteiger partial charge < -0.3 is 19.7 Å². The number of benzene rings is 1. The van der Waals surface area contributed by atoms with Crippen molar-refractivity contribution in [3.05, 3.63) is 29.8 Å². The zero-order valence-corrected chi connectivity index (χ0v) is 13.7. The number of hydrogen-bond acceptors (Lipinski definition) is 4. The maximum absolute atomic E-state index is 12.0. The molecule has 1 aliphatic heterocycles. The number of likely N-dealkylation sites (tertiary alicyclic amines) is 1. The second-order valence-electron chi connectivity index (χ2n) is 5.62. The minimum Gasteiger partial charge on any atom is -0.497 e. The van der Waals surface area contributed by atoms with Gasteiger partial charge in [-0.05, 0) is 24.1 Å². The Labute approximate surface area is 136 Å². The van der Waals surface area contributed by atoms with Crippen LogP contribution in [-0.4, -0.2) is 57.2 Å². The molecule has 1 fully saturated rings. The Morgan fingerprint density at radius 1 is 1.30 bits per heavy atom. The normalized spacial score (nSPS) is 17.4. The Morgan fingerprint density at radius 2 is 2.04 bits per heavy atom. The molecule has 0 bridgehead atoms. The first kappa shape index (κ1) is 17.3. The molecule has 1 saturated heterocycles. The average Bonchev–Trinajstić information content (AvgIpc) is 2.94. The summed E-state index contributed by atoms with van der Waals surface area (Å²) < 4.78 is 10.0. The lowest BCUT2D eigenvalue weighted by Crippen LogP contribution is -2.35. The molecule has 1 N–H and O–H groups in total. The fourth-order valence-corrected chi connectivity index (χ4v) is 2.64. The molecule has 6 nitrogen and oxygen atoms in total. The molecule has 1 unspecified atom stereocenters. The lowest BCUT2D eigenvalue weighted by atomic mass is 10.1. The summed E-state index contributed by atoms with van der Waals surface area (Å²) in [6.07, 6.45) is 1.06. The number of nitrogens with one attached hydrogen (secondary N) is 1. The van der Waals surface area contributed by atoms with Crippen molar-refractivity contribution in [2.45, 2.75) is 12.8 Å². The van der Waals surface area contributed by atoms with Gasteiger partial charge in [-0.1, -0.05) is 12.1 Å². The van der Waals surface area contributed by atoms with Crippen LogP contribution in [0.3, 0.4) is 0 Å². The van der Waals surface area contributed by atoms with Crippen LogP contribution in [-0.2, 0) is 20.7 Å². The van der Waals surface area contributed by atoms with Gasteiger partial charge in [0.05, 0.1) is 19.6 Å². The van der Waals surface area contributed by atoms with E-state index < -0.39 is 0 Å². The van der Waals surface area contributed by atoms with Crippen molar-refractivity contribution in [2.75, 3.05) is 40.5 Å². The minimum absolute atomic E-state index is 0.0467. The highest BCUT2D eigenvalue weighted by Gasteiger charge is 2.33. The number of hydrogen-bond donors (Lipinski definition) is 1. The summed E-state index contributed by atoms with van der Waals surface area (Å²) in [4.78, 5) is 25.8. The van der Waals surface area contributed by atoms with Gasteiger partial charge in [0.2, 0.25) is 11.8 Å². The molecule has 1 aromatic carbocycles. The van der Waals surface area contributed by atoms with Gasteiger partial charge in [0.25, 0.3) is 0 Å². The molecule has 1 aromatic rings. The van der Waals surface area contributed by atoms with Crippen molar-refractivity contribution < 1.29 is 19.1 Å². The third kappa shape index (κ3) is 4.96. The molecule has 0 radical (unpaired) electrons. The Bertz CT molecular complexity index is 530. The van der Waals surface area contributed by atoms with Crippen LogP contribution in [0.4, 0.5) is 0 Å². The van der Waals surface area contributed by atoms with E-state index >= 15 is 0 Å². The van der Waals surface area contributed by atoms with Gasteiger partial charge in [-0.2, -0.15) is 0 Å². The first-order valence-corrected chi connectivity index (χ1v) is 7.81. The van der Waals surface area contributed by atoms with Crippen molar-refractivity contribution in [3.63, 3.8) is 0 Å². The van der Waals surface area contributed by atoms with Gasteiger partial charge in [-0.15, -0.1) is 0 Å². The maximum Gasteiger partial charge on any atom is 0.225 e. The largest absolute Gasteiger partial charge is 0.497 e. The topological polar surface area (TPSA) is 67.9 Å². The molecule has 23 heavy (non-hydrogen) atoms. The fourth-order valence-electron chi connectivity index (χ4n) is 2.64. The fraction of sp³-hybridized carbons (Fsp3) is 0.529. The smallest absolute Gasteiger partial charge is 0.225 e. The van der Waals surface area contributed by atoms with E-state index in [1.54, 1.807) is 19.1 Å². The Kier molecular flexibility index (Phi) is 6.40. The molecular weight excluding hydrogens is 296 g/mol. The Balaban J connectivity index is 1.79. The van der Waals surface area contributed by atoms with E-state index in [-0.39, 0.29) is 17.7 Å². The van der Waals surface area contributed by atoms with Crippen LogP contribution < -0.4 is 10.1 Å². The number of amides is 2. The van der Waals surface area contributed by atoms with E-state index in [2.05, 4.69) is 5.32 Å². The minimum atomic E-state index is -0.254. The highest BCUT2D eigenvalue weighted by molar-refractivity contribution is 5.89. The number of carbonyl (C=O) groups excluding carboxylic acids is 2. The lowest BCUT2D eigenvalue weighted by molar-refractivity contribution is -0.129. The van der Waals surface area contributed by atoms with Gasteiger partial charge >= 0.3 is 0 Å². The maximum atomic E-state index is 12.0. The average molecular weight is 320 g/mol. The van der Waals surface area contributed by atoms with E-state index in [4.69, 9.17) is 9.47 Å². The third-order valence-electron chi connectivity index (χ3n) is 4.02.